The van der Waals surface area contributed by atoms with Gasteiger partial charge in [-0.05, 0) is 48.4 Å². The maximum absolute atomic E-state index is 13.5. The predicted octanol–water partition coefficient (Wildman–Crippen LogP) is 5.26. The van der Waals surface area contributed by atoms with Gasteiger partial charge in [-0.3, -0.25) is 9.59 Å². The van der Waals surface area contributed by atoms with Crippen molar-refractivity contribution in [1.29, 1.82) is 0 Å². The lowest BCUT2D eigenvalue weighted by Gasteiger charge is -2.28. The molecule has 0 aliphatic heterocycles. The second-order valence-electron chi connectivity index (χ2n) is 7.93. The fourth-order valence-electron chi connectivity index (χ4n) is 3.53. The molecule has 0 saturated carbocycles. The van der Waals surface area contributed by atoms with E-state index in [0.29, 0.717) is 25.2 Å². The van der Waals surface area contributed by atoms with Gasteiger partial charge < -0.3 is 14.4 Å². The number of hydrogen-bond donors (Lipinski definition) is 0. The Bertz CT molecular complexity index is 1020. The van der Waals surface area contributed by atoms with E-state index in [0.717, 1.165) is 28.6 Å². The van der Waals surface area contributed by atoms with Gasteiger partial charge in [-0.25, -0.2) is 0 Å². The molecule has 6 heteroatoms. The van der Waals surface area contributed by atoms with Crippen molar-refractivity contribution in [3.63, 3.8) is 0 Å². The van der Waals surface area contributed by atoms with Gasteiger partial charge >= 0.3 is 0 Å². The second-order valence-corrected chi connectivity index (χ2v) is 8.85. The molecule has 1 aromatic heterocycles. The molecular formula is C26H30BrN3O2. The molecule has 0 spiro atoms. The van der Waals surface area contributed by atoms with Gasteiger partial charge in [-0.15, -0.1) is 0 Å². The summed E-state index contributed by atoms with van der Waals surface area (Å²) >= 11 is 3.41. The van der Waals surface area contributed by atoms with Crippen LogP contribution < -0.4 is 0 Å². The van der Waals surface area contributed by atoms with Crippen LogP contribution in [-0.4, -0.2) is 39.3 Å². The number of amides is 2. The molecular weight excluding hydrogens is 466 g/mol. The Kier molecular flexibility index (Phi) is 8.68. The minimum atomic E-state index is -0.113. The molecule has 3 aromatic rings. The second kappa shape index (κ2) is 11.7. The summed E-state index contributed by atoms with van der Waals surface area (Å²) in [6.07, 6.45) is 3.78. The number of halogens is 1. The summed E-state index contributed by atoms with van der Waals surface area (Å²) in [5.74, 6) is -0.172. The first kappa shape index (κ1) is 23.8. The third kappa shape index (κ3) is 6.57. The first-order valence-corrected chi connectivity index (χ1v) is 11.7. The molecule has 3 rings (SSSR count). The lowest BCUT2D eigenvalue weighted by molar-refractivity contribution is -0.133. The summed E-state index contributed by atoms with van der Waals surface area (Å²) in [5, 5.41) is 0. The maximum atomic E-state index is 13.5. The van der Waals surface area contributed by atoms with Crippen LogP contribution in [0.25, 0.3) is 0 Å². The Balaban J connectivity index is 1.80. The number of aromatic nitrogens is 1. The van der Waals surface area contributed by atoms with Crippen LogP contribution in [0.3, 0.4) is 0 Å². The van der Waals surface area contributed by atoms with Gasteiger partial charge in [0.25, 0.3) is 5.91 Å². The number of nitrogens with zero attached hydrogens (tertiary/aromatic N) is 3. The van der Waals surface area contributed by atoms with Crippen molar-refractivity contribution in [1.82, 2.24) is 14.4 Å². The van der Waals surface area contributed by atoms with Crippen molar-refractivity contribution in [2.24, 2.45) is 7.05 Å². The van der Waals surface area contributed by atoms with Crippen LogP contribution >= 0.6 is 15.9 Å². The van der Waals surface area contributed by atoms with Crippen LogP contribution in [0.4, 0.5) is 0 Å². The minimum Gasteiger partial charge on any atom is -0.353 e. The molecule has 0 unspecified atom stereocenters. The summed E-state index contributed by atoms with van der Waals surface area (Å²) in [5.41, 5.74) is 2.71. The van der Waals surface area contributed by atoms with E-state index < -0.39 is 0 Å². The number of benzene rings is 2. The molecule has 2 amide bonds. The van der Waals surface area contributed by atoms with Crippen molar-refractivity contribution in [2.75, 3.05) is 13.1 Å². The predicted molar refractivity (Wildman–Crippen MR) is 131 cm³/mol. The zero-order valence-electron chi connectivity index (χ0n) is 18.7. The molecule has 0 bridgehead atoms. The van der Waals surface area contributed by atoms with Gasteiger partial charge in [0.1, 0.15) is 6.54 Å². The topological polar surface area (TPSA) is 45.6 Å². The first-order valence-electron chi connectivity index (χ1n) is 10.9. The molecule has 2 aromatic carbocycles. The summed E-state index contributed by atoms with van der Waals surface area (Å²) in [6, 6.07) is 21.3. The highest BCUT2D eigenvalue weighted by atomic mass is 79.9. The van der Waals surface area contributed by atoms with E-state index in [2.05, 4.69) is 22.9 Å². The third-order valence-electron chi connectivity index (χ3n) is 5.46. The van der Waals surface area contributed by atoms with Crippen LogP contribution in [-0.2, 0) is 24.9 Å². The number of carbonyl (C=O) groups excluding carboxylic acids is 2. The van der Waals surface area contributed by atoms with Crippen molar-refractivity contribution >= 4 is 27.7 Å². The largest absolute Gasteiger partial charge is 0.353 e. The summed E-state index contributed by atoms with van der Waals surface area (Å²) in [6.45, 7) is 3.69. The van der Waals surface area contributed by atoms with E-state index in [1.807, 2.05) is 77.3 Å². The molecule has 1 heterocycles. The van der Waals surface area contributed by atoms with Crippen molar-refractivity contribution < 1.29 is 9.59 Å². The van der Waals surface area contributed by atoms with Crippen molar-refractivity contribution in [3.8, 4) is 0 Å². The van der Waals surface area contributed by atoms with E-state index in [4.69, 9.17) is 0 Å². The number of hydrogen-bond acceptors (Lipinski definition) is 2. The highest BCUT2D eigenvalue weighted by Crippen LogP contribution is 2.15. The van der Waals surface area contributed by atoms with Gasteiger partial charge in [0.05, 0.1) is 6.54 Å². The SMILES string of the molecule is CCCCN(CC(=O)N(Cc1ccccc1)Cc1cccn1C)C(=O)c1ccc(Br)cc1. The van der Waals surface area contributed by atoms with Crippen LogP contribution in [0, 0.1) is 0 Å². The third-order valence-corrected chi connectivity index (χ3v) is 5.99. The van der Waals surface area contributed by atoms with E-state index in [-0.39, 0.29) is 18.4 Å². The minimum absolute atomic E-state index is 0.0587. The molecule has 0 N–H and O–H groups in total. The van der Waals surface area contributed by atoms with E-state index in [9.17, 15) is 9.59 Å². The van der Waals surface area contributed by atoms with Crippen LogP contribution in [0.15, 0.2) is 77.4 Å². The summed E-state index contributed by atoms with van der Waals surface area (Å²) in [4.78, 5) is 30.2. The van der Waals surface area contributed by atoms with E-state index >= 15 is 0 Å². The number of aryl methyl sites for hydroxylation is 1. The smallest absolute Gasteiger partial charge is 0.254 e. The van der Waals surface area contributed by atoms with E-state index in [1.165, 1.54) is 0 Å². The van der Waals surface area contributed by atoms with Gasteiger partial charge in [0.2, 0.25) is 5.91 Å². The highest BCUT2D eigenvalue weighted by Gasteiger charge is 2.23. The number of unbranched alkanes of at least 4 members (excludes halogenated alkanes) is 1. The van der Waals surface area contributed by atoms with Gasteiger partial charge in [0.15, 0.2) is 0 Å². The Hall–Kier alpha value is -2.86. The lowest BCUT2D eigenvalue weighted by Crippen LogP contribution is -2.43. The first-order chi connectivity index (χ1) is 15.5. The van der Waals surface area contributed by atoms with Gasteiger partial charge in [-0.1, -0.05) is 59.6 Å². The fraction of sp³-hybridized carbons (Fsp3) is 0.308. The average molecular weight is 496 g/mol. The lowest BCUT2D eigenvalue weighted by atomic mass is 10.1. The molecule has 5 nitrogen and oxygen atoms in total. The Morgan fingerprint density at radius 1 is 0.906 bits per heavy atom. The van der Waals surface area contributed by atoms with Crippen LogP contribution in [0.5, 0.6) is 0 Å². The Morgan fingerprint density at radius 2 is 1.62 bits per heavy atom. The normalized spacial score (nSPS) is 10.7. The Labute approximate surface area is 198 Å². The van der Waals surface area contributed by atoms with Gasteiger partial charge in [0, 0.05) is 42.1 Å². The fourth-order valence-corrected chi connectivity index (χ4v) is 3.80. The molecule has 0 aliphatic carbocycles. The van der Waals surface area contributed by atoms with Crippen LogP contribution in [0.2, 0.25) is 0 Å². The monoisotopic (exact) mass is 495 g/mol. The van der Waals surface area contributed by atoms with Crippen molar-refractivity contribution in [2.45, 2.75) is 32.9 Å². The van der Waals surface area contributed by atoms with E-state index in [1.54, 1.807) is 17.0 Å². The highest BCUT2D eigenvalue weighted by molar-refractivity contribution is 9.10. The molecule has 32 heavy (non-hydrogen) atoms. The summed E-state index contributed by atoms with van der Waals surface area (Å²) < 4.78 is 2.94. The standard InChI is InChI=1S/C26H30BrN3O2/c1-3-4-17-29(26(32)22-12-14-23(27)15-13-22)20-25(31)30(18-21-9-6-5-7-10-21)19-24-11-8-16-28(24)2/h5-16H,3-4,17-20H2,1-2H3. The molecule has 0 atom stereocenters. The number of rotatable bonds is 10. The molecule has 0 saturated heterocycles. The van der Waals surface area contributed by atoms with Crippen LogP contribution in [0.1, 0.15) is 41.4 Å². The molecule has 168 valence electrons. The number of carbonyl (C=O) groups is 2. The Morgan fingerprint density at radius 3 is 2.25 bits per heavy atom. The van der Waals surface area contributed by atoms with Crippen molar-refractivity contribution in [3.05, 3.63) is 94.2 Å². The average Bonchev–Trinajstić information content (AvgIpc) is 3.21. The zero-order valence-corrected chi connectivity index (χ0v) is 20.3. The molecule has 0 aliphatic rings. The molecule has 0 radical (unpaired) electrons. The summed E-state index contributed by atoms with van der Waals surface area (Å²) in [7, 11) is 1.98. The quantitative estimate of drug-likeness (QED) is 0.385. The zero-order chi connectivity index (χ0) is 22.9. The van der Waals surface area contributed by atoms with Gasteiger partial charge in [-0.2, -0.15) is 0 Å². The molecule has 0 fully saturated rings. The maximum Gasteiger partial charge on any atom is 0.254 e.